The largest absolute Gasteiger partial charge is 0.0625 e. The van der Waals surface area contributed by atoms with E-state index in [1.54, 1.807) is 0 Å². The van der Waals surface area contributed by atoms with Crippen LogP contribution < -0.4 is 0 Å². The van der Waals surface area contributed by atoms with Crippen LogP contribution in [0.5, 0.6) is 0 Å². The summed E-state index contributed by atoms with van der Waals surface area (Å²) in [5, 5.41) is 0. The van der Waals surface area contributed by atoms with Crippen LogP contribution >= 0.6 is 0 Å². The zero-order chi connectivity index (χ0) is 23.2. The Morgan fingerprint density at radius 2 is 1.07 bits per heavy atom. The quantitative estimate of drug-likeness (QED) is 0.470. The van der Waals surface area contributed by atoms with Crippen molar-refractivity contribution in [2.45, 2.75) is 115 Å². The first-order chi connectivity index (χ1) is 13.2. The molecule has 1 saturated carbocycles. The molecule has 29 heavy (non-hydrogen) atoms. The molecular formula is C29H56. The number of hydrogen-bond donors (Lipinski definition) is 0. The number of rotatable bonds is 3. The molecular weight excluding hydrogens is 348 g/mol. The van der Waals surface area contributed by atoms with E-state index in [9.17, 15) is 0 Å². The summed E-state index contributed by atoms with van der Waals surface area (Å²) in [6.07, 6.45) is 4.48. The molecule has 0 unspecified atom stereocenters. The minimum Gasteiger partial charge on any atom is -0.0625 e. The van der Waals surface area contributed by atoms with Crippen molar-refractivity contribution in [3.63, 3.8) is 0 Å². The van der Waals surface area contributed by atoms with Gasteiger partial charge in [-0.1, -0.05) is 140 Å². The second kappa shape index (κ2) is 16.0. The van der Waals surface area contributed by atoms with Crippen LogP contribution in [-0.2, 0) is 0 Å². The van der Waals surface area contributed by atoms with Crippen LogP contribution in [0.3, 0.4) is 0 Å². The molecule has 0 radical (unpaired) electrons. The van der Waals surface area contributed by atoms with Gasteiger partial charge in [-0.2, -0.15) is 0 Å². The summed E-state index contributed by atoms with van der Waals surface area (Å²) in [5.41, 5.74) is 1.91. The van der Waals surface area contributed by atoms with Gasteiger partial charge in [0.2, 0.25) is 0 Å². The predicted molar refractivity (Wildman–Crippen MR) is 137 cm³/mol. The first kappa shape index (κ1) is 30.4. The lowest BCUT2D eigenvalue weighted by atomic mass is 9.78. The Morgan fingerprint density at radius 3 is 1.17 bits per heavy atom. The van der Waals surface area contributed by atoms with Crippen LogP contribution in [-0.4, -0.2) is 0 Å². The molecule has 1 aromatic rings. The van der Waals surface area contributed by atoms with E-state index >= 15 is 0 Å². The zero-order valence-corrected chi connectivity index (χ0v) is 22.5. The molecule has 0 heterocycles. The normalized spacial score (nSPS) is 14.0. The van der Waals surface area contributed by atoms with Gasteiger partial charge in [0, 0.05) is 0 Å². The number of hydrogen-bond acceptors (Lipinski definition) is 0. The van der Waals surface area contributed by atoms with Crippen molar-refractivity contribution in [1.29, 1.82) is 0 Å². The molecule has 1 aliphatic rings. The van der Waals surface area contributed by atoms with Gasteiger partial charge in [0.15, 0.2) is 0 Å². The van der Waals surface area contributed by atoms with Crippen LogP contribution in [0.2, 0.25) is 0 Å². The standard InChI is InChI=1S/C9H12.C7H14.C7H16.C6H14/c1-8(2)9-6-4-3-5-7-9;1-6(2)7-4-3-5-7;1-6(2)7(3,4)5;1-5(2)6(3)4/h3-8H,1-2H3;6-7H,3-5H2,1-2H3;6H,1-5H3;5-6H,1-4H3. The molecule has 1 aromatic carbocycles. The van der Waals surface area contributed by atoms with Crippen LogP contribution in [0.15, 0.2) is 30.3 Å². The maximum Gasteiger partial charge on any atom is -0.0219 e. The Morgan fingerprint density at radius 1 is 0.690 bits per heavy atom. The predicted octanol–water partition coefficient (Wildman–Crippen LogP) is 10.2. The molecule has 1 fully saturated rings. The first-order valence-corrected chi connectivity index (χ1v) is 12.2. The lowest BCUT2D eigenvalue weighted by Gasteiger charge is -2.28. The van der Waals surface area contributed by atoms with Crippen molar-refractivity contribution in [3.05, 3.63) is 35.9 Å². The summed E-state index contributed by atoms with van der Waals surface area (Å²) in [7, 11) is 0. The minimum absolute atomic E-state index is 0.500. The zero-order valence-electron chi connectivity index (χ0n) is 22.5. The van der Waals surface area contributed by atoms with Gasteiger partial charge >= 0.3 is 0 Å². The molecule has 0 aromatic heterocycles. The molecule has 0 nitrogen and oxygen atoms in total. The summed E-state index contributed by atoms with van der Waals surface area (Å²) in [5.74, 6) is 5.20. The third-order valence-electron chi connectivity index (χ3n) is 6.62. The third kappa shape index (κ3) is 17.8. The second-order valence-electron chi connectivity index (χ2n) is 11.5. The third-order valence-corrected chi connectivity index (χ3v) is 6.62. The SMILES string of the molecule is CC(C)C(C)(C)C.CC(C)C(C)C.CC(C)C1CCC1.CC(C)c1ccccc1. The second-order valence-corrected chi connectivity index (χ2v) is 11.5. The van der Waals surface area contributed by atoms with Gasteiger partial charge in [-0.25, -0.2) is 0 Å². The molecule has 0 N–H and O–H groups in total. The summed E-state index contributed by atoms with van der Waals surface area (Å²) < 4.78 is 0. The van der Waals surface area contributed by atoms with E-state index in [4.69, 9.17) is 0 Å². The Hall–Kier alpha value is -0.780. The van der Waals surface area contributed by atoms with E-state index in [2.05, 4.69) is 114 Å². The summed E-state index contributed by atoms with van der Waals surface area (Å²) in [4.78, 5) is 0. The highest BCUT2D eigenvalue weighted by Crippen LogP contribution is 2.32. The van der Waals surface area contributed by atoms with Gasteiger partial charge in [-0.3, -0.25) is 0 Å². The highest BCUT2D eigenvalue weighted by atomic mass is 14.3. The van der Waals surface area contributed by atoms with Gasteiger partial charge in [-0.15, -0.1) is 0 Å². The molecule has 0 heteroatoms. The fourth-order valence-corrected chi connectivity index (χ4v) is 1.94. The minimum atomic E-state index is 0.500. The van der Waals surface area contributed by atoms with E-state index in [0.717, 1.165) is 29.6 Å². The summed E-state index contributed by atoms with van der Waals surface area (Å²) in [6, 6.07) is 10.5. The van der Waals surface area contributed by atoms with Gasteiger partial charge in [0.05, 0.1) is 0 Å². The van der Waals surface area contributed by atoms with Gasteiger partial charge in [0.25, 0.3) is 0 Å². The maximum absolute atomic E-state index is 2.32. The van der Waals surface area contributed by atoms with Gasteiger partial charge < -0.3 is 0 Å². The Balaban J connectivity index is 0. The fraction of sp³-hybridized carbons (Fsp3) is 0.793. The van der Waals surface area contributed by atoms with Crippen molar-refractivity contribution in [2.24, 2.45) is 35.0 Å². The van der Waals surface area contributed by atoms with Crippen molar-refractivity contribution >= 4 is 0 Å². The van der Waals surface area contributed by atoms with Crippen molar-refractivity contribution in [2.75, 3.05) is 0 Å². The first-order valence-electron chi connectivity index (χ1n) is 12.2. The summed E-state index contributed by atoms with van der Waals surface area (Å²) >= 11 is 0. The van der Waals surface area contributed by atoms with E-state index in [-0.39, 0.29) is 0 Å². The van der Waals surface area contributed by atoms with Crippen LogP contribution in [0, 0.1) is 35.0 Å². The molecule has 2 rings (SSSR count). The highest BCUT2D eigenvalue weighted by molar-refractivity contribution is 5.17. The lowest BCUT2D eigenvalue weighted by Crippen LogP contribution is -2.16. The van der Waals surface area contributed by atoms with E-state index < -0.39 is 0 Å². The van der Waals surface area contributed by atoms with Gasteiger partial charge in [-0.05, 0) is 46.5 Å². The molecule has 1 aliphatic carbocycles. The Labute approximate surface area is 186 Å². The number of benzene rings is 1. The highest BCUT2D eigenvalue weighted by Gasteiger charge is 2.19. The molecule has 0 aliphatic heterocycles. The van der Waals surface area contributed by atoms with E-state index in [1.165, 1.54) is 24.8 Å². The van der Waals surface area contributed by atoms with Crippen molar-refractivity contribution in [3.8, 4) is 0 Å². The van der Waals surface area contributed by atoms with E-state index in [0.29, 0.717) is 11.3 Å². The van der Waals surface area contributed by atoms with Crippen LogP contribution in [0.1, 0.15) is 121 Å². The molecule has 0 spiro atoms. The average molecular weight is 405 g/mol. The molecule has 0 bridgehead atoms. The van der Waals surface area contributed by atoms with Crippen LogP contribution in [0.25, 0.3) is 0 Å². The van der Waals surface area contributed by atoms with Crippen LogP contribution in [0.4, 0.5) is 0 Å². The monoisotopic (exact) mass is 404 g/mol. The molecule has 172 valence electrons. The average Bonchev–Trinajstić information content (AvgIpc) is 2.54. The smallest absolute Gasteiger partial charge is 0.0219 e. The fourth-order valence-electron chi connectivity index (χ4n) is 1.94. The molecule has 0 atom stereocenters. The topological polar surface area (TPSA) is 0 Å². The van der Waals surface area contributed by atoms with Crippen molar-refractivity contribution in [1.82, 2.24) is 0 Å². The molecule has 0 amide bonds. The summed E-state index contributed by atoms with van der Waals surface area (Å²) in [6.45, 7) is 29.3. The van der Waals surface area contributed by atoms with Gasteiger partial charge in [0.1, 0.15) is 0 Å². The molecule has 0 saturated heterocycles. The Kier molecular flexibility index (Phi) is 16.8. The maximum atomic E-state index is 2.32. The van der Waals surface area contributed by atoms with Crippen molar-refractivity contribution < 1.29 is 0 Å². The van der Waals surface area contributed by atoms with E-state index in [1.807, 2.05) is 6.07 Å². The Bertz CT molecular complexity index is 447. The lowest BCUT2D eigenvalue weighted by molar-refractivity contribution is 0.235.